The minimum absolute atomic E-state index is 0.0131. The Hall–Kier alpha value is -3.16. The van der Waals surface area contributed by atoms with Gasteiger partial charge in [0.1, 0.15) is 5.82 Å². The van der Waals surface area contributed by atoms with E-state index >= 15 is 0 Å². The van der Waals surface area contributed by atoms with Crippen LogP contribution in [0.4, 0.5) is 5.82 Å². The first-order chi connectivity index (χ1) is 16.8. The number of nitrogens with zero attached hydrogens (tertiary/aromatic N) is 4. The summed E-state index contributed by atoms with van der Waals surface area (Å²) in [6.07, 6.45) is 8.00. The second kappa shape index (κ2) is 11.1. The van der Waals surface area contributed by atoms with E-state index in [2.05, 4.69) is 14.9 Å². The Morgan fingerprint density at radius 3 is 2.83 bits per heavy atom. The van der Waals surface area contributed by atoms with Crippen LogP contribution < -0.4 is 5.32 Å². The van der Waals surface area contributed by atoms with Gasteiger partial charge in [0.2, 0.25) is 5.91 Å². The van der Waals surface area contributed by atoms with Crippen LogP contribution >= 0.6 is 11.6 Å². The van der Waals surface area contributed by atoms with Crippen molar-refractivity contribution < 1.29 is 9.59 Å². The summed E-state index contributed by atoms with van der Waals surface area (Å²) in [5, 5.41) is 4.67. The molecule has 2 amide bonds. The van der Waals surface area contributed by atoms with E-state index in [1.54, 1.807) is 24.4 Å². The number of likely N-dealkylation sites (N-methyl/N-ethyl adjacent to an activating group) is 1. The second-order valence-electron chi connectivity index (χ2n) is 9.32. The number of fused-ring (bicyclic) bond motifs is 1. The van der Waals surface area contributed by atoms with Gasteiger partial charge in [-0.3, -0.25) is 14.6 Å². The first kappa shape index (κ1) is 24.9. The van der Waals surface area contributed by atoms with Crippen molar-refractivity contribution in [3.8, 4) is 0 Å². The van der Waals surface area contributed by atoms with Gasteiger partial charge in [0.05, 0.1) is 16.6 Å². The van der Waals surface area contributed by atoms with Crippen LogP contribution in [0.2, 0.25) is 5.02 Å². The predicted octanol–water partition coefficient (Wildman–Crippen LogP) is 4.92. The molecule has 1 atom stereocenters. The lowest BCUT2D eigenvalue weighted by atomic mass is 10.1. The molecular formula is C27H32ClN5O2. The summed E-state index contributed by atoms with van der Waals surface area (Å²) < 4.78 is 2.11. The van der Waals surface area contributed by atoms with Crippen molar-refractivity contribution in [3.63, 3.8) is 0 Å². The number of aryl methyl sites for hydroxylation is 1. The number of rotatable bonds is 6. The Labute approximate surface area is 211 Å². The Bertz CT molecular complexity index is 1250. The first-order valence-electron chi connectivity index (χ1n) is 12.0. The summed E-state index contributed by atoms with van der Waals surface area (Å²) in [6.45, 7) is 3.84. The number of para-hydroxylation sites is 1. The average molecular weight is 494 g/mol. The molecule has 1 N–H and O–H groups in total. The minimum Gasteiger partial charge on any atom is -0.337 e. The lowest BCUT2D eigenvalue weighted by Crippen LogP contribution is -2.34. The van der Waals surface area contributed by atoms with Gasteiger partial charge in [-0.25, -0.2) is 0 Å². The highest BCUT2D eigenvalue weighted by Crippen LogP contribution is 2.36. The van der Waals surface area contributed by atoms with Crippen LogP contribution in [0.25, 0.3) is 10.9 Å². The second-order valence-corrected chi connectivity index (χ2v) is 9.72. The highest BCUT2D eigenvalue weighted by atomic mass is 35.5. The van der Waals surface area contributed by atoms with Gasteiger partial charge in [0.25, 0.3) is 5.91 Å². The normalized spacial score (nSPS) is 16.7. The summed E-state index contributed by atoms with van der Waals surface area (Å²) in [5.74, 6) is 0.484. The number of likely N-dealkylation sites (tertiary alicyclic amines) is 1. The smallest absolute Gasteiger partial charge is 0.256 e. The summed E-state index contributed by atoms with van der Waals surface area (Å²) in [6, 6.07) is 11.2. The molecule has 0 saturated carbocycles. The highest BCUT2D eigenvalue weighted by molar-refractivity contribution is 6.35. The molecule has 1 aromatic carbocycles. The Morgan fingerprint density at radius 1 is 1.23 bits per heavy atom. The number of pyridine rings is 1. The van der Waals surface area contributed by atoms with Gasteiger partial charge in [-0.1, -0.05) is 29.8 Å². The third-order valence-corrected chi connectivity index (χ3v) is 6.57. The van der Waals surface area contributed by atoms with Crippen LogP contribution in [0.1, 0.15) is 41.4 Å². The molecule has 35 heavy (non-hydrogen) atoms. The van der Waals surface area contributed by atoms with Crippen LogP contribution in [0.5, 0.6) is 0 Å². The van der Waals surface area contributed by atoms with Gasteiger partial charge in [-0.2, -0.15) is 0 Å². The number of halogens is 1. The number of nitrogens with one attached hydrogen (secondary N) is 1. The van der Waals surface area contributed by atoms with Gasteiger partial charge in [-0.05, 0) is 64.5 Å². The molecule has 1 saturated heterocycles. The number of hydrogen-bond donors (Lipinski definition) is 1. The third kappa shape index (κ3) is 5.92. The Balaban J connectivity index is 1.68. The van der Waals surface area contributed by atoms with Crippen LogP contribution in [-0.2, 0) is 4.79 Å². The van der Waals surface area contributed by atoms with Crippen molar-refractivity contribution >= 4 is 40.1 Å². The number of carbonyl (C=O) groups is 2. The number of benzene rings is 1. The first-order valence-corrected chi connectivity index (χ1v) is 12.3. The van der Waals surface area contributed by atoms with Gasteiger partial charge in [0.15, 0.2) is 0 Å². The molecule has 0 spiro atoms. The number of anilines is 1. The van der Waals surface area contributed by atoms with Crippen LogP contribution in [0, 0.1) is 6.92 Å². The van der Waals surface area contributed by atoms with Crippen molar-refractivity contribution in [3.05, 3.63) is 71.0 Å². The van der Waals surface area contributed by atoms with E-state index in [-0.39, 0.29) is 17.9 Å². The van der Waals surface area contributed by atoms with E-state index in [9.17, 15) is 9.59 Å². The Morgan fingerprint density at radius 2 is 2.06 bits per heavy atom. The molecule has 3 heterocycles. The van der Waals surface area contributed by atoms with Crippen LogP contribution in [0.3, 0.4) is 0 Å². The monoisotopic (exact) mass is 493 g/mol. The molecule has 0 radical (unpaired) electrons. The topological polar surface area (TPSA) is 70.5 Å². The average Bonchev–Trinajstić information content (AvgIpc) is 3.01. The fourth-order valence-electron chi connectivity index (χ4n) is 4.59. The molecule has 2 aromatic heterocycles. The van der Waals surface area contributed by atoms with E-state index < -0.39 is 0 Å². The molecule has 1 aliphatic heterocycles. The predicted molar refractivity (Wildman–Crippen MR) is 141 cm³/mol. The molecule has 1 aliphatic rings. The van der Waals surface area contributed by atoms with E-state index in [0.717, 1.165) is 35.9 Å². The van der Waals surface area contributed by atoms with Gasteiger partial charge in [-0.15, -0.1) is 0 Å². The standard InChI is InChI=1S/C27H32ClN5O2/c1-19-16-21(12-13-29-19)27(35)30-24-17-20-8-6-10-23(28)26(20)33(24)22-9-4-5-15-32(18-22)25(34)11-7-14-31(2)3/h6-8,10-13,16-17,22H,4-5,9,14-15,18H2,1-3H3,(H,30,35)/b11-7+/t22-/m1/s1. The Kier molecular flexibility index (Phi) is 7.88. The maximum absolute atomic E-state index is 13.1. The number of carbonyl (C=O) groups excluding carboxylic acids is 2. The summed E-state index contributed by atoms with van der Waals surface area (Å²) in [4.78, 5) is 34.2. The van der Waals surface area contributed by atoms with Crippen molar-refractivity contribution in [2.24, 2.45) is 0 Å². The fourth-order valence-corrected chi connectivity index (χ4v) is 4.86. The highest BCUT2D eigenvalue weighted by Gasteiger charge is 2.26. The fraction of sp³-hybridized carbons (Fsp3) is 0.370. The van der Waals surface area contributed by atoms with Crippen LogP contribution in [0.15, 0.2) is 54.7 Å². The van der Waals surface area contributed by atoms with E-state index in [4.69, 9.17) is 11.6 Å². The molecule has 0 unspecified atom stereocenters. The molecule has 184 valence electrons. The molecule has 0 aliphatic carbocycles. The molecule has 3 aromatic rings. The maximum Gasteiger partial charge on any atom is 0.256 e. The number of aromatic nitrogens is 2. The summed E-state index contributed by atoms with van der Waals surface area (Å²) in [5.41, 5.74) is 2.20. The van der Waals surface area contributed by atoms with E-state index in [0.29, 0.717) is 36.0 Å². The largest absolute Gasteiger partial charge is 0.337 e. The zero-order valence-electron chi connectivity index (χ0n) is 20.5. The summed E-state index contributed by atoms with van der Waals surface area (Å²) >= 11 is 6.67. The number of amides is 2. The van der Waals surface area contributed by atoms with Crippen LogP contribution in [-0.4, -0.2) is 64.9 Å². The zero-order chi connectivity index (χ0) is 24.9. The molecular weight excluding hydrogens is 462 g/mol. The van der Waals surface area contributed by atoms with Gasteiger partial charge in [0, 0.05) is 48.6 Å². The molecule has 0 bridgehead atoms. The van der Waals surface area contributed by atoms with Gasteiger partial charge >= 0.3 is 0 Å². The van der Waals surface area contributed by atoms with Gasteiger partial charge < -0.3 is 19.7 Å². The molecule has 7 nitrogen and oxygen atoms in total. The quantitative estimate of drug-likeness (QED) is 0.495. The van der Waals surface area contributed by atoms with E-state index in [1.807, 2.05) is 61.2 Å². The maximum atomic E-state index is 13.1. The lowest BCUT2D eigenvalue weighted by molar-refractivity contribution is -0.126. The van der Waals surface area contributed by atoms with Crippen molar-refractivity contribution in [2.45, 2.75) is 32.2 Å². The van der Waals surface area contributed by atoms with Crippen molar-refractivity contribution in [1.29, 1.82) is 0 Å². The lowest BCUT2D eigenvalue weighted by Gasteiger charge is -2.27. The number of hydrogen-bond acceptors (Lipinski definition) is 4. The molecule has 8 heteroatoms. The van der Waals surface area contributed by atoms with Crippen molar-refractivity contribution in [1.82, 2.24) is 19.4 Å². The summed E-state index contributed by atoms with van der Waals surface area (Å²) in [7, 11) is 3.95. The molecule has 4 rings (SSSR count). The van der Waals surface area contributed by atoms with Crippen molar-refractivity contribution in [2.75, 3.05) is 39.0 Å². The van der Waals surface area contributed by atoms with E-state index in [1.165, 1.54) is 0 Å². The molecule has 1 fully saturated rings. The SMILES string of the molecule is Cc1cc(C(=O)Nc2cc3cccc(Cl)c3n2[C@@H]2CCCCN(C(=O)/C=C/CN(C)C)C2)ccn1. The minimum atomic E-state index is -0.205. The third-order valence-electron chi connectivity index (χ3n) is 6.27. The zero-order valence-corrected chi connectivity index (χ0v) is 21.3.